The fraction of sp³-hybridized carbons (Fsp3) is 0.500. The maximum atomic E-state index is 11.4. The molecule has 1 atom stereocenters. The number of aromatic nitrogens is 2. The topological polar surface area (TPSA) is 109 Å². The van der Waals surface area contributed by atoms with Crippen LogP contribution >= 0.6 is 0 Å². The van der Waals surface area contributed by atoms with Crippen molar-refractivity contribution in [3.63, 3.8) is 0 Å². The number of amides is 1. The maximum absolute atomic E-state index is 11.4. The van der Waals surface area contributed by atoms with E-state index in [1.165, 1.54) is 12.4 Å². The van der Waals surface area contributed by atoms with Gasteiger partial charge in [0.05, 0.1) is 0 Å². The van der Waals surface area contributed by atoms with Crippen molar-refractivity contribution in [2.75, 3.05) is 11.4 Å². The van der Waals surface area contributed by atoms with Crippen molar-refractivity contribution in [1.82, 2.24) is 9.97 Å². The molecule has 3 N–H and O–H groups in total. The maximum Gasteiger partial charge on any atom is 0.326 e. The van der Waals surface area contributed by atoms with Crippen LogP contribution in [0.25, 0.3) is 0 Å². The molecule has 0 aromatic carbocycles. The average molecular weight is 264 g/mol. The van der Waals surface area contributed by atoms with Crippen molar-refractivity contribution in [2.24, 2.45) is 5.73 Å². The largest absolute Gasteiger partial charge is 0.480 e. The average Bonchev–Trinajstić information content (AvgIpc) is 2.64. The van der Waals surface area contributed by atoms with Gasteiger partial charge in [-0.05, 0) is 12.8 Å². The predicted molar refractivity (Wildman–Crippen MR) is 67.8 cm³/mol. The molecule has 1 saturated heterocycles. The van der Waals surface area contributed by atoms with E-state index in [4.69, 9.17) is 5.73 Å². The van der Waals surface area contributed by atoms with Gasteiger partial charge in [0.1, 0.15) is 6.04 Å². The van der Waals surface area contributed by atoms with Gasteiger partial charge in [-0.25, -0.2) is 14.8 Å². The molecule has 0 spiro atoms. The summed E-state index contributed by atoms with van der Waals surface area (Å²) in [5.74, 6) is -1.34. The van der Waals surface area contributed by atoms with Gasteiger partial charge >= 0.3 is 5.97 Å². The number of rotatable bonds is 3. The molecule has 1 aliphatic rings. The molecular weight excluding hydrogens is 248 g/mol. The summed E-state index contributed by atoms with van der Waals surface area (Å²) in [5.41, 5.74) is 5.29. The van der Waals surface area contributed by atoms with Gasteiger partial charge in [0.15, 0.2) is 11.5 Å². The number of anilines is 1. The van der Waals surface area contributed by atoms with E-state index in [1.54, 1.807) is 4.90 Å². The molecule has 0 aliphatic carbocycles. The number of aliphatic carboxylic acids is 1. The SMILES string of the molecule is NC(=O)c1nccnc1N1CCCCCC1C(=O)O. The highest BCUT2D eigenvalue weighted by Gasteiger charge is 2.30. The highest BCUT2D eigenvalue weighted by atomic mass is 16.4. The van der Waals surface area contributed by atoms with Crippen LogP contribution in [-0.2, 0) is 4.79 Å². The van der Waals surface area contributed by atoms with Crippen LogP contribution in [0.2, 0.25) is 0 Å². The zero-order valence-electron chi connectivity index (χ0n) is 10.5. The molecule has 19 heavy (non-hydrogen) atoms. The molecule has 1 unspecified atom stereocenters. The van der Waals surface area contributed by atoms with Gasteiger partial charge in [-0.2, -0.15) is 0 Å². The van der Waals surface area contributed by atoms with Crippen LogP contribution in [0.4, 0.5) is 5.82 Å². The van der Waals surface area contributed by atoms with Gasteiger partial charge in [0.25, 0.3) is 5.91 Å². The van der Waals surface area contributed by atoms with Crippen LogP contribution < -0.4 is 10.6 Å². The fourth-order valence-corrected chi connectivity index (χ4v) is 2.33. The van der Waals surface area contributed by atoms with E-state index >= 15 is 0 Å². The molecule has 1 amide bonds. The number of nitrogens with zero attached hydrogens (tertiary/aromatic N) is 3. The number of carbonyl (C=O) groups excluding carboxylic acids is 1. The van der Waals surface area contributed by atoms with Crippen molar-refractivity contribution in [3.05, 3.63) is 18.1 Å². The Hall–Kier alpha value is -2.18. The molecule has 2 rings (SSSR count). The van der Waals surface area contributed by atoms with Gasteiger partial charge in [0.2, 0.25) is 0 Å². The number of hydrogen-bond donors (Lipinski definition) is 2. The van der Waals surface area contributed by atoms with E-state index < -0.39 is 17.9 Å². The molecular formula is C12H16N4O3. The normalized spacial score (nSPS) is 19.8. The third-order valence-corrected chi connectivity index (χ3v) is 3.22. The standard InChI is InChI=1S/C12H16N4O3/c13-10(17)9-11(15-6-5-14-9)16-7-3-1-2-4-8(16)12(18)19/h5-6,8H,1-4,7H2,(H2,13,17)(H,18,19). The van der Waals surface area contributed by atoms with Gasteiger partial charge < -0.3 is 15.7 Å². The minimum atomic E-state index is -0.914. The molecule has 1 fully saturated rings. The Kier molecular flexibility index (Phi) is 3.94. The number of carboxylic acids is 1. The summed E-state index contributed by atoms with van der Waals surface area (Å²) in [6.45, 7) is 0.538. The Labute approximate surface area is 110 Å². The summed E-state index contributed by atoms with van der Waals surface area (Å²) in [4.78, 5) is 32.4. The lowest BCUT2D eigenvalue weighted by molar-refractivity contribution is -0.138. The van der Waals surface area contributed by atoms with Gasteiger partial charge in [-0.3, -0.25) is 4.79 Å². The second-order valence-corrected chi connectivity index (χ2v) is 4.49. The summed E-state index contributed by atoms with van der Waals surface area (Å²) in [6.07, 6.45) is 6.01. The van der Waals surface area contributed by atoms with Crippen LogP contribution in [0.5, 0.6) is 0 Å². The van der Waals surface area contributed by atoms with Crippen LogP contribution in [0, 0.1) is 0 Å². The van der Waals surface area contributed by atoms with Gasteiger partial charge in [-0.15, -0.1) is 0 Å². The van der Waals surface area contributed by atoms with Crippen LogP contribution in [-0.4, -0.2) is 39.5 Å². The van der Waals surface area contributed by atoms with Gasteiger partial charge in [0, 0.05) is 18.9 Å². The lowest BCUT2D eigenvalue weighted by atomic mass is 10.1. The number of carboxylic acid groups (broad SMARTS) is 1. The summed E-state index contributed by atoms with van der Waals surface area (Å²) in [7, 11) is 0. The Bertz CT molecular complexity index is 492. The Balaban J connectivity index is 2.41. The first-order chi connectivity index (χ1) is 9.11. The summed E-state index contributed by atoms with van der Waals surface area (Å²) in [5, 5.41) is 9.32. The third-order valence-electron chi connectivity index (χ3n) is 3.22. The Morgan fingerprint density at radius 2 is 2.00 bits per heavy atom. The second kappa shape index (κ2) is 5.64. The molecule has 7 heteroatoms. The number of carbonyl (C=O) groups is 2. The quantitative estimate of drug-likeness (QED) is 0.818. The molecule has 0 bridgehead atoms. The van der Waals surface area contributed by atoms with E-state index in [0.717, 1.165) is 19.3 Å². The lowest BCUT2D eigenvalue weighted by Gasteiger charge is -2.28. The van der Waals surface area contributed by atoms with Crippen LogP contribution in [0.1, 0.15) is 36.2 Å². The monoisotopic (exact) mass is 264 g/mol. The first kappa shape index (κ1) is 13.3. The first-order valence-electron chi connectivity index (χ1n) is 6.21. The van der Waals surface area contributed by atoms with E-state index in [0.29, 0.717) is 13.0 Å². The molecule has 1 aliphatic heterocycles. The molecule has 7 nitrogen and oxygen atoms in total. The zero-order valence-corrected chi connectivity index (χ0v) is 10.5. The summed E-state index contributed by atoms with van der Waals surface area (Å²) in [6, 6.07) is -0.683. The minimum absolute atomic E-state index is 0.0237. The van der Waals surface area contributed by atoms with Gasteiger partial charge in [-0.1, -0.05) is 12.8 Å². The molecule has 0 saturated carbocycles. The molecule has 0 radical (unpaired) electrons. The Morgan fingerprint density at radius 3 is 2.68 bits per heavy atom. The van der Waals surface area contributed by atoms with E-state index in [-0.39, 0.29) is 11.5 Å². The van der Waals surface area contributed by atoms with Crippen molar-refractivity contribution in [1.29, 1.82) is 0 Å². The first-order valence-corrected chi connectivity index (χ1v) is 6.21. The van der Waals surface area contributed by atoms with Crippen molar-refractivity contribution in [3.8, 4) is 0 Å². The van der Waals surface area contributed by atoms with E-state index in [9.17, 15) is 14.7 Å². The minimum Gasteiger partial charge on any atom is -0.480 e. The van der Waals surface area contributed by atoms with Crippen LogP contribution in [0.15, 0.2) is 12.4 Å². The molecule has 1 aromatic rings. The highest BCUT2D eigenvalue weighted by molar-refractivity contribution is 5.96. The Morgan fingerprint density at radius 1 is 1.26 bits per heavy atom. The summed E-state index contributed by atoms with van der Waals surface area (Å²) < 4.78 is 0. The second-order valence-electron chi connectivity index (χ2n) is 4.49. The lowest BCUT2D eigenvalue weighted by Crippen LogP contribution is -2.42. The summed E-state index contributed by atoms with van der Waals surface area (Å²) >= 11 is 0. The van der Waals surface area contributed by atoms with Crippen molar-refractivity contribution >= 4 is 17.7 Å². The number of hydrogen-bond acceptors (Lipinski definition) is 5. The molecule has 102 valence electrons. The zero-order chi connectivity index (χ0) is 13.8. The van der Waals surface area contributed by atoms with Crippen molar-refractivity contribution < 1.29 is 14.7 Å². The van der Waals surface area contributed by atoms with Crippen molar-refractivity contribution in [2.45, 2.75) is 31.7 Å². The van der Waals surface area contributed by atoms with E-state index in [1.807, 2.05) is 0 Å². The number of primary amides is 1. The molecule has 1 aromatic heterocycles. The smallest absolute Gasteiger partial charge is 0.326 e. The molecule has 2 heterocycles. The fourth-order valence-electron chi connectivity index (χ4n) is 2.33. The van der Waals surface area contributed by atoms with Crippen LogP contribution in [0.3, 0.4) is 0 Å². The number of nitrogens with two attached hydrogens (primary N) is 1. The highest BCUT2D eigenvalue weighted by Crippen LogP contribution is 2.24. The van der Waals surface area contributed by atoms with E-state index in [2.05, 4.69) is 9.97 Å². The predicted octanol–water partition coefficient (Wildman–Crippen LogP) is 0.409. The third kappa shape index (κ3) is 2.81.